The van der Waals surface area contributed by atoms with E-state index in [1.807, 2.05) is 19.9 Å². The highest BCUT2D eigenvalue weighted by Gasteiger charge is 2.32. The minimum atomic E-state index is -1.97. The summed E-state index contributed by atoms with van der Waals surface area (Å²) >= 11 is 5.47. The molecule has 0 aliphatic carbocycles. The molecule has 38 heavy (non-hydrogen) atoms. The normalized spacial score (nSPS) is 12.3. The third-order valence-electron chi connectivity index (χ3n) is 6.12. The van der Waals surface area contributed by atoms with Gasteiger partial charge in [-0.25, -0.2) is 9.97 Å². The van der Waals surface area contributed by atoms with Gasteiger partial charge in [0.25, 0.3) is 0 Å². The lowest BCUT2D eigenvalue weighted by Crippen LogP contribution is -2.47. The zero-order valence-corrected chi connectivity index (χ0v) is 24.6. The van der Waals surface area contributed by atoms with Crippen LogP contribution in [-0.4, -0.2) is 30.7 Å². The fraction of sp³-hybridized carbons (Fsp3) is 0.258. The number of nitrogens with one attached hydrogen (secondary N) is 1. The number of hydrogen-bond acceptors (Lipinski definition) is 6. The van der Waals surface area contributed by atoms with Crippen molar-refractivity contribution in [2.75, 3.05) is 11.9 Å². The predicted molar refractivity (Wildman–Crippen MR) is 162 cm³/mol. The number of hydrogen-bond donors (Lipinski definition) is 1. The van der Waals surface area contributed by atoms with Gasteiger partial charge in [0.15, 0.2) is 5.05 Å². The third kappa shape index (κ3) is 6.92. The van der Waals surface area contributed by atoms with Gasteiger partial charge in [-0.1, -0.05) is 93.6 Å². The molecule has 3 aromatic carbocycles. The molecular weight excluding hydrogens is 507 g/mol. The zero-order chi connectivity index (χ0) is 27.1. The van der Waals surface area contributed by atoms with Gasteiger partial charge in [-0.3, -0.25) is 0 Å². The van der Waals surface area contributed by atoms with Gasteiger partial charge in [-0.2, -0.15) is 0 Å². The minimum Gasteiger partial charge on any atom is -0.483 e. The second kappa shape index (κ2) is 12.4. The predicted octanol–water partition coefficient (Wildman–Crippen LogP) is 5.88. The Bertz CT molecular complexity index is 1320. The molecule has 7 heteroatoms. The number of aryl methyl sites for hydroxylation is 1. The molecule has 0 aliphatic rings. The van der Waals surface area contributed by atoms with E-state index in [2.05, 4.69) is 115 Å². The maximum atomic E-state index is 7.14. The van der Waals surface area contributed by atoms with Crippen LogP contribution in [0.15, 0.2) is 91.1 Å². The molecule has 4 rings (SSSR count). The zero-order valence-electron chi connectivity index (χ0n) is 22.6. The summed E-state index contributed by atoms with van der Waals surface area (Å²) < 4.78 is 12.7. The molecule has 0 bridgehead atoms. The van der Waals surface area contributed by atoms with Crippen LogP contribution in [-0.2, 0) is 9.16 Å². The number of nitrogens with zero attached hydrogens (tertiary/aromatic N) is 2. The monoisotopic (exact) mass is 541 g/mol. The van der Waals surface area contributed by atoms with Crippen molar-refractivity contribution >= 4 is 48.2 Å². The summed E-state index contributed by atoms with van der Waals surface area (Å²) in [6.45, 7) is 10.9. The number of thiocarbonyl (C=S) groups is 1. The Morgan fingerprint density at radius 3 is 2.16 bits per heavy atom. The molecule has 1 aromatic heterocycles. The van der Waals surface area contributed by atoms with Crippen molar-refractivity contribution in [2.24, 2.45) is 5.41 Å². The smallest absolute Gasteiger partial charge is 0.240 e. The highest BCUT2D eigenvalue weighted by Crippen LogP contribution is 2.38. The summed E-state index contributed by atoms with van der Waals surface area (Å²) in [4.78, 5) is 8.93. The van der Waals surface area contributed by atoms with Crippen molar-refractivity contribution in [1.29, 1.82) is 0 Å². The molecule has 4 aromatic rings. The van der Waals surface area contributed by atoms with Crippen molar-refractivity contribution in [2.45, 2.75) is 40.7 Å². The van der Waals surface area contributed by atoms with Crippen LogP contribution < -0.4 is 15.7 Å². The molecule has 0 aliphatic heterocycles. The molecule has 0 amide bonds. The number of aromatic nitrogens is 2. The van der Waals surface area contributed by atoms with Crippen LogP contribution in [0, 0.1) is 12.3 Å². The molecule has 5 nitrogen and oxygen atoms in total. The van der Waals surface area contributed by atoms with E-state index in [1.165, 1.54) is 10.4 Å². The maximum absolute atomic E-state index is 7.14. The van der Waals surface area contributed by atoms with Gasteiger partial charge in [0, 0.05) is 11.9 Å². The van der Waals surface area contributed by atoms with Gasteiger partial charge in [-0.15, -0.1) is 0 Å². The van der Waals surface area contributed by atoms with Crippen molar-refractivity contribution < 1.29 is 9.16 Å². The average Bonchev–Trinajstić information content (AvgIpc) is 2.90. The Labute approximate surface area is 233 Å². The van der Waals surface area contributed by atoms with Gasteiger partial charge in [0.1, 0.15) is 11.6 Å². The molecule has 1 unspecified atom stereocenters. The second-order valence-corrected chi connectivity index (χ2v) is 13.0. The van der Waals surface area contributed by atoms with Crippen LogP contribution in [0.1, 0.15) is 50.8 Å². The molecule has 0 spiro atoms. The quantitative estimate of drug-likeness (QED) is 0.211. The first-order chi connectivity index (χ1) is 18.3. The second-order valence-electron chi connectivity index (χ2n) is 10.2. The van der Waals surface area contributed by atoms with E-state index in [9.17, 15) is 0 Å². The molecule has 1 heterocycles. The number of anilines is 2. The summed E-state index contributed by atoms with van der Waals surface area (Å²) in [6, 6.07) is 29.5. The van der Waals surface area contributed by atoms with Crippen LogP contribution >= 0.6 is 12.2 Å². The van der Waals surface area contributed by atoms with Crippen LogP contribution in [0.2, 0.25) is 0 Å². The number of benzene rings is 3. The van der Waals surface area contributed by atoms with Crippen molar-refractivity contribution in [1.82, 2.24) is 9.97 Å². The van der Waals surface area contributed by atoms with E-state index in [4.69, 9.17) is 21.4 Å². The highest BCUT2D eigenvalue weighted by molar-refractivity contribution is 7.80. The Kier molecular flexibility index (Phi) is 9.04. The summed E-state index contributed by atoms with van der Waals surface area (Å²) in [6.07, 6.45) is 1.58. The molecule has 196 valence electrons. The lowest BCUT2D eigenvalue weighted by molar-refractivity contribution is 0.0897. The molecule has 1 N–H and O–H groups in total. The van der Waals surface area contributed by atoms with Crippen molar-refractivity contribution in [3.05, 3.63) is 108 Å². The maximum Gasteiger partial charge on any atom is 0.240 e. The lowest BCUT2D eigenvalue weighted by Gasteiger charge is -2.35. The molecule has 0 saturated carbocycles. The molecule has 0 radical (unpaired) electrons. The molecule has 0 saturated heterocycles. The minimum absolute atomic E-state index is 0.127. The average molecular weight is 542 g/mol. The Balaban J connectivity index is 1.69. The van der Waals surface area contributed by atoms with E-state index in [-0.39, 0.29) is 11.5 Å². The van der Waals surface area contributed by atoms with Crippen LogP contribution in [0.5, 0.6) is 0 Å². The number of ether oxygens (including phenoxy) is 1. The van der Waals surface area contributed by atoms with E-state index in [0.717, 1.165) is 11.3 Å². The molecule has 1 atom stereocenters. The van der Waals surface area contributed by atoms with Gasteiger partial charge in [0.05, 0.1) is 18.3 Å². The SMILES string of the molecule is CCOC(=S)c1cnc(C)nc1Nc1cccc(C(O[SiH](c2ccccc2)c2ccccc2)C(C)(C)C)c1. The van der Waals surface area contributed by atoms with E-state index < -0.39 is 9.04 Å². The summed E-state index contributed by atoms with van der Waals surface area (Å²) in [7, 11) is -1.97. The van der Waals surface area contributed by atoms with Crippen LogP contribution in [0.25, 0.3) is 0 Å². The number of rotatable bonds is 9. The van der Waals surface area contributed by atoms with Gasteiger partial charge >= 0.3 is 0 Å². The van der Waals surface area contributed by atoms with Gasteiger partial charge < -0.3 is 14.5 Å². The van der Waals surface area contributed by atoms with Crippen LogP contribution in [0.3, 0.4) is 0 Å². The van der Waals surface area contributed by atoms with Gasteiger partial charge in [0.2, 0.25) is 9.04 Å². The molecule has 0 fully saturated rings. The first-order valence-corrected chi connectivity index (χ1v) is 14.9. The van der Waals surface area contributed by atoms with E-state index in [1.54, 1.807) is 6.20 Å². The Morgan fingerprint density at radius 1 is 0.947 bits per heavy atom. The summed E-state index contributed by atoms with van der Waals surface area (Å²) in [5.41, 5.74) is 2.53. The van der Waals surface area contributed by atoms with Crippen LogP contribution in [0.4, 0.5) is 11.5 Å². The lowest BCUT2D eigenvalue weighted by atomic mass is 9.85. The van der Waals surface area contributed by atoms with Crippen molar-refractivity contribution in [3.8, 4) is 0 Å². The Hall–Kier alpha value is -3.39. The first kappa shape index (κ1) is 27.6. The first-order valence-electron chi connectivity index (χ1n) is 12.9. The third-order valence-corrected chi connectivity index (χ3v) is 8.98. The Morgan fingerprint density at radius 2 is 1.58 bits per heavy atom. The standard InChI is InChI=1S/C31H35N3O2SSi/c1-6-35-30(37)27-21-32-22(2)33-29(27)34-24-15-13-14-23(20-24)28(31(3,4)5)36-38(25-16-9-7-10-17-25)26-18-11-8-12-19-26/h7-21,28,38H,6H2,1-5H3,(H,32,33,34). The van der Waals surface area contributed by atoms with E-state index >= 15 is 0 Å². The van der Waals surface area contributed by atoms with Gasteiger partial charge in [-0.05, 0) is 59.5 Å². The largest absolute Gasteiger partial charge is 0.483 e. The summed E-state index contributed by atoms with van der Waals surface area (Å²) in [5, 5.41) is 6.34. The topological polar surface area (TPSA) is 56.3 Å². The van der Waals surface area contributed by atoms with E-state index in [0.29, 0.717) is 28.9 Å². The summed E-state index contributed by atoms with van der Waals surface area (Å²) in [5.74, 6) is 1.28. The molecular formula is C31H35N3O2SSi. The van der Waals surface area contributed by atoms with Crippen molar-refractivity contribution in [3.63, 3.8) is 0 Å². The fourth-order valence-corrected chi connectivity index (χ4v) is 7.31. The highest BCUT2D eigenvalue weighted by atomic mass is 32.1. The fourth-order valence-electron chi connectivity index (χ4n) is 4.36.